The van der Waals surface area contributed by atoms with Crippen molar-refractivity contribution in [1.29, 1.82) is 0 Å². The number of likely N-dealkylation sites (tertiary alicyclic amines) is 1. The summed E-state index contributed by atoms with van der Waals surface area (Å²) in [6.07, 6.45) is 2.82. The predicted molar refractivity (Wildman–Crippen MR) is 110 cm³/mol. The number of carbonyl (C=O) groups excluding carboxylic acids is 1. The molecule has 0 aliphatic carbocycles. The molecule has 0 spiro atoms. The Bertz CT molecular complexity index is 1270. The van der Waals surface area contributed by atoms with Crippen molar-refractivity contribution in [1.82, 2.24) is 29.5 Å². The number of piperidine rings is 1. The van der Waals surface area contributed by atoms with Gasteiger partial charge < -0.3 is 4.90 Å². The minimum Gasteiger partial charge on any atom is -0.338 e. The van der Waals surface area contributed by atoms with Gasteiger partial charge in [0, 0.05) is 42.4 Å². The molecule has 1 amide bonds. The highest BCUT2D eigenvalue weighted by Gasteiger charge is 2.33. The van der Waals surface area contributed by atoms with Crippen LogP contribution in [0.3, 0.4) is 0 Å². The fourth-order valence-corrected chi connectivity index (χ4v) is 4.27. The van der Waals surface area contributed by atoms with Crippen molar-refractivity contribution in [3.63, 3.8) is 0 Å². The first-order chi connectivity index (χ1) is 15.0. The Balaban J connectivity index is 1.48. The lowest BCUT2D eigenvalue weighted by molar-refractivity contribution is 0.0665. The average Bonchev–Trinajstić information content (AvgIpc) is 3.27. The molecule has 1 aliphatic rings. The van der Waals surface area contributed by atoms with E-state index in [9.17, 15) is 13.6 Å². The smallest absolute Gasteiger partial charge is 0.280 e. The molecule has 0 unspecified atom stereocenters. The van der Waals surface area contributed by atoms with Crippen LogP contribution in [0.5, 0.6) is 0 Å². The summed E-state index contributed by atoms with van der Waals surface area (Å²) in [6, 6.07) is 8.82. The second-order valence-electron chi connectivity index (χ2n) is 7.94. The first-order valence-corrected chi connectivity index (χ1v) is 10.1. The molecule has 0 bridgehead atoms. The zero-order valence-corrected chi connectivity index (χ0v) is 16.8. The number of hydrogen-bond acceptors (Lipinski definition) is 5. The van der Waals surface area contributed by atoms with E-state index < -0.39 is 6.43 Å². The molecular weight excluding hydrogens is 402 g/mol. The molecule has 1 aliphatic heterocycles. The monoisotopic (exact) mass is 422 g/mol. The molecule has 1 saturated heterocycles. The number of pyridine rings is 1. The molecule has 4 heterocycles. The number of halogens is 2. The van der Waals surface area contributed by atoms with Gasteiger partial charge in [0.25, 0.3) is 18.1 Å². The molecule has 158 valence electrons. The number of amides is 1. The number of fused-ring (bicyclic) bond motifs is 2. The number of rotatable bonds is 3. The van der Waals surface area contributed by atoms with Crippen molar-refractivity contribution in [2.45, 2.75) is 25.7 Å². The molecule has 2 atom stereocenters. The second kappa shape index (κ2) is 7.64. The van der Waals surface area contributed by atoms with Gasteiger partial charge in [-0.25, -0.2) is 18.3 Å². The number of alkyl halides is 2. The predicted octanol–water partition coefficient (Wildman–Crippen LogP) is 3.88. The lowest BCUT2D eigenvalue weighted by Crippen LogP contribution is -2.42. The van der Waals surface area contributed by atoms with Crippen LogP contribution in [0, 0.1) is 5.92 Å². The van der Waals surface area contributed by atoms with Crippen LogP contribution in [0.1, 0.15) is 47.4 Å². The number of aromatic nitrogens is 5. The van der Waals surface area contributed by atoms with E-state index in [1.165, 1.54) is 16.9 Å². The summed E-state index contributed by atoms with van der Waals surface area (Å²) in [5.41, 5.74) is 0.877. The van der Waals surface area contributed by atoms with Crippen LogP contribution in [-0.2, 0) is 0 Å². The van der Waals surface area contributed by atoms with Crippen LogP contribution in [0.2, 0.25) is 0 Å². The summed E-state index contributed by atoms with van der Waals surface area (Å²) in [6.45, 7) is 3.09. The van der Waals surface area contributed by atoms with Crippen LogP contribution in [0.15, 0.2) is 49.1 Å². The maximum Gasteiger partial charge on any atom is 0.280 e. The molecule has 0 radical (unpaired) electrons. The van der Waals surface area contributed by atoms with Crippen LogP contribution < -0.4 is 0 Å². The van der Waals surface area contributed by atoms with E-state index >= 15 is 0 Å². The maximum absolute atomic E-state index is 13.4. The van der Waals surface area contributed by atoms with Crippen molar-refractivity contribution in [2.75, 3.05) is 13.1 Å². The Morgan fingerprint density at radius 2 is 2.06 bits per heavy atom. The number of benzene rings is 1. The topological polar surface area (TPSA) is 76.3 Å². The van der Waals surface area contributed by atoms with Crippen molar-refractivity contribution in [3.05, 3.63) is 66.0 Å². The van der Waals surface area contributed by atoms with E-state index in [0.717, 1.165) is 17.2 Å². The Hall–Kier alpha value is -3.49. The van der Waals surface area contributed by atoms with E-state index in [1.54, 1.807) is 23.4 Å². The van der Waals surface area contributed by atoms with Gasteiger partial charge >= 0.3 is 0 Å². The Labute approximate surface area is 176 Å². The van der Waals surface area contributed by atoms with Gasteiger partial charge in [0.05, 0.1) is 5.69 Å². The quantitative estimate of drug-likeness (QED) is 0.501. The molecule has 7 nitrogen and oxygen atoms in total. The second-order valence-corrected chi connectivity index (χ2v) is 7.94. The van der Waals surface area contributed by atoms with Crippen LogP contribution in [0.4, 0.5) is 8.78 Å². The third-order valence-corrected chi connectivity index (χ3v) is 6.04. The fraction of sp³-hybridized carbons (Fsp3) is 0.318. The lowest BCUT2D eigenvalue weighted by Gasteiger charge is -2.37. The largest absolute Gasteiger partial charge is 0.338 e. The van der Waals surface area contributed by atoms with Gasteiger partial charge in [0.2, 0.25) is 0 Å². The molecule has 1 fully saturated rings. The molecule has 3 aromatic heterocycles. The highest BCUT2D eigenvalue weighted by molar-refractivity contribution is 5.98. The summed E-state index contributed by atoms with van der Waals surface area (Å²) < 4.78 is 28.3. The number of hydrogen-bond donors (Lipinski definition) is 0. The van der Waals surface area contributed by atoms with Gasteiger partial charge in [-0.3, -0.25) is 9.78 Å². The zero-order chi connectivity index (χ0) is 21.5. The fourth-order valence-electron chi connectivity index (χ4n) is 4.27. The molecule has 31 heavy (non-hydrogen) atoms. The third kappa shape index (κ3) is 3.49. The Kier molecular flexibility index (Phi) is 4.80. The van der Waals surface area contributed by atoms with Gasteiger partial charge in [0.1, 0.15) is 12.0 Å². The first-order valence-electron chi connectivity index (χ1n) is 10.1. The maximum atomic E-state index is 13.4. The summed E-state index contributed by atoms with van der Waals surface area (Å²) in [5.74, 6) is 0.0966. The van der Waals surface area contributed by atoms with Crippen molar-refractivity contribution >= 4 is 22.5 Å². The van der Waals surface area contributed by atoms with Crippen LogP contribution >= 0.6 is 0 Å². The van der Waals surface area contributed by atoms with Crippen LogP contribution in [-0.4, -0.2) is 48.5 Å². The molecule has 0 N–H and O–H groups in total. The van der Waals surface area contributed by atoms with Gasteiger partial charge in [-0.05, 0) is 42.0 Å². The van der Waals surface area contributed by atoms with E-state index in [1.807, 2.05) is 18.2 Å². The summed E-state index contributed by atoms with van der Waals surface area (Å²) in [4.78, 5) is 27.0. The standard InChI is InChI=1S/C22H20F2N6O/c1-13-5-7-29(21(31)15-2-3-16-10-25-6-4-14(16)8-15)11-17(13)19-9-18(20(23)24)28-22-26-12-27-30(19)22/h2-4,6,8-10,12-13,17,20H,5,7,11H2,1H3/t13-,17-/m1/s1. The normalized spacial score (nSPS) is 19.4. The van der Waals surface area contributed by atoms with Crippen molar-refractivity contribution in [3.8, 4) is 0 Å². The van der Waals surface area contributed by atoms with Crippen molar-refractivity contribution < 1.29 is 13.6 Å². The number of carbonyl (C=O) groups is 1. The lowest BCUT2D eigenvalue weighted by atomic mass is 9.84. The molecule has 1 aromatic carbocycles. The SMILES string of the molecule is C[C@@H]1CCN(C(=O)c2ccc3cnccc3c2)C[C@H]1c1cc(C(F)F)nc2ncnn12. The van der Waals surface area contributed by atoms with Gasteiger partial charge in [-0.2, -0.15) is 10.1 Å². The molecule has 9 heteroatoms. The molecular formula is C22H20F2N6O. The Morgan fingerprint density at radius 1 is 1.19 bits per heavy atom. The van der Waals surface area contributed by atoms with Gasteiger partial charge in [0.15, 0.2) is 0 Å². The molecule has 4 aromatic rings. The molecule has 5 rings (SSSR count). The third-order valence-electron chi connectivity index (χ3n) is 6.04. The highest BCUT2D eigenvalue weighted by atomic mass is 19.3. The zero-order valence-electron chi connectivity index (χ0n) is 16.8. The van der Waals surface area contributed by atoms with E-state index in [0.29, 0.717) is 24.3 Å². The van der Waals surface area contributed by atoms with Gasteiger partial charge in [-0.15, -0.1) is 0 Å². The summed E-state index contributed by atoms with van der Waals surface area (Å²) in [5, 5.41) is 6.09. The highest BCUT2D eigenvalue weighted by Crippen LogP contribution is 2.34. The minimum absolute atomic E-state index is 0.0754. The van der Waals surface area contributed by atoms with E-state index in [-0.39, 0.29) is 29.2 Å². The van der Waals surface area contributed by atoms with E-state index in [4.69, 9.17) is 0 Å². The summed E-state index contributed by atoms with van der Waals surface area (Å²) >= 11 is 0. The van der Waals surface area contributed by atoms with Crippen molar-refractivity contribution in [2.24, 2.45) is 5.92 Å². The average molecular weight is 422 g/mol. The van der Waals surface area contributed by atoms with Crippen LogP contribution in [0.25, 0.3) is 16.6 Å². The Morgan fingerprint density at radius 3 is 2.90 bits per heavy atom. The molecule has 0 saturated carbocycles. The summed E-state index contributed by atoms with van der Waals surface area (Å²) in [7, 11) is 0. The number of nitrogens with zero attached hydrogens (tertiary/aromatic N) is 6. The first kappa shape index (κ1) is 19.5. The van der Waals surface area contributed by atoms with Gasteiger partial charge in [-0.1, -0.05) is 13.0 Å². The van der Waals surface area contributed by atoms with E-state index in [2.05, 4.69) is 27.0 Å². The minimum atomic E-state index is -2.70.